The van der Waals surface area contributed by atoms with Gasteiger partial charge in [0, 0.05) is 16.9 Å². The smallest absolute Gasteiger partial charge is 0.237 e. The molecule has 2 N–H and O–H groups in total. The highest BCUT2D eigenvalue weighted by molar-refractivity contribution is 8.01. The Morgan fingerprint density at radius 2 is 1.52 bits per heavy atom. The van der Waals surface area contributed by atoms with Crippen molar-refractivity contribution in [3.63, 3.8) is 0 Å². The molecule has 0 heterocycles. The molecule has 0 fully saturated rings. The molecule has 0 spiro atoms. The first kappa shape index (κ1) is 18.7. The van der Waals surface area contributed by atoms with Gasteiger partial charge in [-0.15, -0.1) is 11.8 Å². The topological polar surface area (TPSA) is 75.3 Å². The second-order valence-corrected chi connectivity index (χ2v) is 6.82. The van der Waals surface area contributed by atoms with E-state index in [4.69, 9.17) is 0 Å². The number of amides is 2. The predicted molar refractivity (Wildman–Crippen MR) is 102 cm³/mol. The van der Waals surface area contributed by atoms with Crippen LogP contribution in [0.1, 0.15) is 24.2 Å². The first-order chi connectivity index (χ1) is 12.0. The Morgan fingerprint density at radius 3 is 2.12 bits per heavy atom. The van der Waals surface area contributed by atoms with E-state index < -0.39 is 0 Å². The van der Waals surface area contributed by atoms with Crippen molar-refractivity contribution in [1.82, 2.24) is 0 Å². The molecule has 1 unspecified atom stereocenters. The first-order valence-electron chi connectivity index (χ1n) is 7.84. The lowest BCUT2D eigenvalue weighted by Gasteiger charge is -2.12. The maximum atomic E-state index is 12.2. The van der Waals surface area contributed by atoms with Crippen molar-refractivity contribution in [2.24, 2.45) is 0 Å². The van der Waals surface area contributed by atoms with Crippen LogP contribution < -0.4 is 10.6 Å². The minimum atomic E-state index is -0.381. The van der Waals surface area contributed by atoms with Gasteiger partial charge in [0.1, 0.15) is 0 Å². The highest BCUT2D eigenvalue weighted by atomic mass is 32.2. The largest absolute Gasteiger partial charge is 0.325 e. The van der Waals surface area contributed by atoms with Gasteiger partial charge >= 0.3 is 0 Å². The lowest BCUT2D eigenvalue weighted by atomic mass is 10.1. The Bertz CT molecular complexity index is 745. The van der Waals surface area contributed by atoms with Gasteiger partial charge < -0.3 is 10.6 Å². The molecule has 0 aliphatic rings. The first-order valence-corrected chi connectivity index (χ1v) is 8.89. The van der Waals surface area contributed by atoms with Crippen molar-refractivity contribution in [3.05, 3.63) is 60.2 Å². The molecular weight excluding hydrogens is 336 g/mol. The van der Waals surface area contributed by atoms with E-state index in [1.807, 2.05) is 30.3 Å². The van der Waals surface area contributed by atoms with Gasteiger partial charge in [0.25, 0.3) is 0 Å². The van der Waals surface area contributed by atoms with Crippen LogP contribution in [0.2, 0.25) is 0 Å². The second kappa shape index (κ2) is 9.03. The molecule has 2 rings (SSSR count). The number of hydrogen-bond acceptors (Lipinski definition) is 4. The van der Waals surface area contributed by atoms with Gasteiger partial charge in [0.15, 0.2) is 5.78 Å². The summed E-state index contributed by atoms with van der Waals surface area (Å²) in [4.78, 5) is 35.3. The Morgan fingerprint density at radius 1 is 0.920 bits per heavy atom. The van der Waals surface area contributed by atoms with E-state index in [0.717, 1.165) is 5.69 Å². The van der Waals surface area contributed by atoms with Crippen molar-refractivity contribution in [2.75, 3.05) is 16.4 Å². The summed E-state index contributed by atoms with van der Waals surface area (Å²) < 4.78 is 0. The van der Waals surface area contributed by atoms with E-state index in [2.05, 4.69) is 10.6 Å². The molecular formula is C19H20N2O3S. The van der Waals surface area contributed by atoms with Crippen LogP contribution in [-0.4, -0.2) is 28.6 Å². The number of nitrogens with one attached hydrogen (secondary N) is 2. The number of thioether (sulfide) groups is 1. The Labute approximate surface area is 151 Å². The molecule has 2 amide bonds. The average Bonchev–Trinajstić information content (AvgIpc) is 2.61. The normalized spacial score (nSPS) is 11.4. The van der Waals surface area contributed by atoms with Gasteiger partial charge in [0.2, 0.25) is 11.8 Å². The summed E-state index contributed by atoms with van der Waals surface area (Å²) >= 11 is 1.26. The van der Waals surface area contributed by atoms with E-state index in [-0.39, 0.29) is 28.6 Å². The second-order valence-electron chi connectivity index (χ2n) is 5.49. The van der Waals surface area contributed by atoms with E-state index >= 15 is 0 Å². The maximum Gasteiger partial charge on any atom is 0.237 e. The fourth-order valence-electron chi connectivity index (χ4n) is 2.03. The van der Waals surface area contributed by atoms with Crippen molar-refractivity contribution >= 4 is 40.7 Å². The van der Waals surface area contributed by atoms with Crippen LogP contribution >= 0.6 is 11.8 Å². The van der Waals surface area contributed by atoms with Crippen LogP contribution in [0, 0.1) is 0 Å². The van der Waals surface area contributed by atoms with Crippen LogP contribution in [0.15, 0.2) is 54.6 Å². The fraction of sp³-hybridized carbons (Fsp3) is 0.211. The number of carbonyl (C=O) groups excluding carboxylic acids is 3. The molecule has 2 aromatic carbocycles. The van der Waals surface area contributed by atoms with Crippen LogP contribution in [0.5, 0.6) is 0 Å². The maximum absolute atomic E-state index is 12.2. The monoisotopic (exact) mass is 356 g/mol. The molecule has 130 valence electrons. The van der Waals surface area contributed by atoms with E-state index in [1.54, 1.807) is 31.2 Å². The predicted octanol–water partition coefficient (Wildman–Crippen LogP) is 3.59. The molecule has 25 heavy (non-hydrogen) atoms. The lowest BCUT2D eigenvalue weighted by Crippen LogP contribution is -2.25. The molecule has 0 saturated carbocycles. The van der Waals surface area contributed by atoms with Gasteiger partial charge in [-0.05, 0) is 50.2 Å². The number of hydrogen-bond donors (Lipinski definition) is 2. The van der Waals surface area contributed by atoms with Crippen molar-refractivity contribution in [3.8, 4) is 0 Å². The highest BCUT2D eigenvalue weighted by Gasteiger charge is 2.15. The summed E-state index contributed by atoms with van der Waals surface area (Å²) in [6.45, 7) is 3.24. The number of benzene rings is 2. The third kappa shape index (κ3) is 6.08. The molecule has 2 aromatic rings. The van der Waals surface area contributed by atoms with Crippen molar-refractivity contribution in [1.29, 1.82) is 0 Å². The van der Waals surface area contributed by atoms with Crippen LogP contribution in [-0.2, 0) is 9.59 Å². The number of anilines is 2. The van der Waals surface area contributed by atoms with Crippen LogP contribution in [0.4, 0.5) is 11.4 Å². The zero-order valence-corrected chi connectivity index (χ0v) is 14.9. The minimum absolute atomic E-state index is 0.0220. The van der Waals surface area contributed by atoms with Crippen molar-refractivity contribution < 1.29 is 14.4 Å². The molecule has 0 aliphatic heterocycles. The van der Waals surface area contributed by atoms with Crippen LogP contribution in [0.3, 0.4) is 0 Å². The number of ketones is 1. The van der Waals surface area contributed by atoms with Crippen LogP contribution in [0.25, 0.3) is 0 Å². The van der Waals surface area contributed by atoms with E-state index in [0.29, 0.717) is 11.3 Å². The summed E-state index contributed by atoms with van der Waals surface area (Å²) in [5, 5.41) is 5.18. The third-order valence-corrected chi connectivity index (χ3v) is 4.59. The summed E-state index contributed by atoms with van der Waals surface area (Å²) in [5.74, 6) is -0.173. The Kier molecular flexibility index (Phi) is 6.77. The number of rotatable bonds is 7. The van der Waals surface area contributed by atoms with E-state index in [1.165, 1.54) is 18.7 Å². The SMILES string of the molecule is CC(=O)c1ccc(NC(=O)C(C)SCC(=O)Nc2ccccc2)cc1. The van der Waals surface area contributed by atoms with Gasteiger partial charge in [-0.25, -0.2) is 0 Å². The van der Waals surface area contributed by atoms with E-state index in [9.17, 15) is 14.4 Å². The van der Waals surface area contributed by atoms with Gasteiger partial charge in [-0.2, -0.15) is 0 Å². The zero-order valence-electron chi connectivity index (χ0n) is 14.1. The molecule has 5 nitrogen and oxygen atoms in total. The quantitative estimate of drug-likeness (QED) is 0.744. The number of carbonyl (C=O) groups is 3. The summed E-state index contributed by atoms with van der Waals surface area (Å²) in [5.41, 5.74) is 1.95. The Hall–Kier alpha value is -2.60. The minimum Gasteiger partial charge on any atom is -0.325 e. The fourth-order valence-corrected chi connectivity index (χ4v) is 2.71. The third-order valence-electron chi connectivity index (χ3n) is 3.45. The number of para-hydroxylation sites is 1. The molecule has 0 aliphatic carbocycles. The van der Waals surface area contributed by atoms with Gasteiger partial charge in [0.05, 0.1) is 11.0 Å². The number of Topliss-reactive ketones (excluding diaryl/α,β-unsaturated/α-hetero) is 1. The zero-order chi connectivity index (χ0) is 18.2. The molecule has 1 atom stereocenters. The lowest BCUT2D eigenvalue weighted by molar-refractivity contribution is -0.115. The standard InChI is InChI=1S/C19H20N2O3S/c1-13(22)15-8-10-17(11-9-15)21-19(24)14(2)25-12-18(23)20-16-6-4-3-5-7-16/h3-11,14H,12H2,1-2H3,(H,20,23)(H,21,24). The van der Waals surface area contributed by atoms with Crippen molar-refractivity contribution in [2.45, 2.75) is 19.1 Å². The average molecular weight is 356 g/mol. The Balaban J connectivity index is 1.79. The molecule has 0 aromatic heterocycles. The summed E-state index contributed by atoms with van der Waals surface area (Å²) in [7, 11) is 0. The highest BCUT2D eigenvalue weighted by Crippen LogP contribution is 2.16. The summed E-state index contributed by atoms with van der Waals surface area (Å²) in [6.07, 6.45) is 0. The molecule has 0 radical (unpaired) electrons. The van der Waals surface area contributed by atoms with Gasteiger partial charge in [-0.3, -0.25) is 14.4 Å². The molecule has 6 heteroatoms. The summed E-state index contributed by atoms with van der Waals surface area (Å²) in [6, 6.07) is 15.9. The molecule has 0 saturated heterocycles. The van der Waals surface area contributed by atoms with Gasteiger partial charge in [-0.1, -0.05) is 18.2 Å². The molecule has 0 bridgehead atoms.